The Balaban J connectivity index is 1.49. The molecular formula is C20H22N2O4. The Morgan fingerprint density at radius 3 is 2.35 bits per heavy atom. The van der Waals surface area contributed by atoms with E-state index in [9.17, 15) is 9.59 Å². The van der Waals surface area contributed by atoms with E-state index in [0.29, 0.717) is 36.8 Å². The van der Waals surface area contributed by atoms with Crippen molar-refractivity contribution in [2.45, 2.75) is 20.4 Å². The Morgan fingerprint density at radius 2 is 1.62 bits per heavy atom. The van der Waals surface area contributed by atoms with Gasteiger partial charge in [0.05, 0.1) is 6.54 Å². The summed E-state index contributed by atoms with van der Waals surface area (Å²) in [6, 6.07) is 11.2. The SMILES string of the molecule is Cc1cc(C)cc(C(=O)NCC(=O)NCc2ccc3c(c2)OCCO3)c1. The Bertz CT molecular complexity index is 812. The molecule has 0 aliphatic carbocycles. The van der Waals surface area contributed by atoms with Gasteiger partial charge in [-0.1, -0.05) is 23.3 Å². The summed E-state index contributed by atoms with van der Waals surface area (Å²) >= 11 is 0. The zero-order valence-electron chi connectivity index (χ0n) is 14.9. The van der Waals surface area contributed by atoms with Gasteiger partial charge in [0.25, 0.3) is 5.91 Å². The van der Waals surface area contributed by atoms with E-state index >= 15 is 0 Å². The molecule has 26 heavy (non-hydrogen) atoms. The molecule has 0 radical (unpaired) electrons. The van der Waals surface area contributed by atoms with Crippen LogP contribution in [0.15, 0.2) is 36.4 Å². The topological polar surface area (TPSA) is 76.7 Å². The van der Waals surface area contributed by atoms with Crippen LogP contribution in [0.25, 0.3) is 0 Å². The average molecular weight is 354 g/mol. The van der Waals surface area contributed by atoms with Crippen molar-refractivity contribution in [3.05, 3.63) is 58.7 Å². The van der Waals surface area contributed by atoms with Gasteiger partial charge in [-0.25, -0.2) is 0 Å². The highest BCUT2D eigenvalue weighted by atomic mass is 16.6. The standard InChI is InChI=1S/C20H22N2O4/c1-13-7-14(2)9-16(8-13)20(24)22-12-19(23)21-11-15-3-4-17-18(10-15)26-6-5-25-17/h3-4,7-10H,5-6,11-12H2,1-2H3,(H,21,23)(H,22,24). The molecule has 0 unspecified atom stereocenters. The highest BCUT2D eigenvalue weighted by Crippen LogP contribution is 2.30. The van der Waals surface area contributed by atoms with Crippen molar-refractivity contribution in [2.24, 2.45) is 0 Å². The molecule has 0 bridgehead atoms. The average Bonchev–Trinajstić information content (AvgIpc) is 2.63. The van der Waals surface area contributed by atoms with Crippen molar-refractivity contribution in [3.63, 3.8) is 0 Å². The van der Waals surface area contributed by atoms with Crippen molar-refractivity contribution in [1.29, 1.82) is 0 Å². The van der Waals surface area contributed by atoms with Gasteiger partial charge < -0.3 is 20.1 Å². The molecule has 1 aliphatic rings. The molecule has 1 heterocycles. The number of rotatable bonds is 5. The molecule has 0 saturated heterocycles. The van der Waals surface area contributed by atoms with Gasteiger partial charge in [0.15, 0.2) is 11.5 Å². The van der Waals surface area contributed by atoms with Crippen LogP contribution in [0.4, 0.5) is 0 Å². The van der Waals surface area contributed by atoms with Crippen LogP contribution in [0, 0.1) is 13.8 Å². The van der Waals surface area contributed by atoms with E-state index in [0.717, 1.165) is 16.7 Å². The number of amides is 2. The molecule has 6 heteroatoms. The molecule has 2 amide bonds. The zero-order valence-corrected chi connectivity index (χ0v) is 14.9. The largest absolute Gasteiger partial charge is 0.486 e. The highest BCUT2D eigenvalue weighted by Gasteiger charge is 2.12. The minimum atomic E-state index is -0.258. The molecule has 2 aromatic carbocycles. The summed E-state index contributed by atoms with van der Waals surface area (Å²) in [7, 11) is 0. The number of hydrogen-bond acceptors (Lipinski definition) is 4. The highest BCUT2D eigenvalue weighted by molar-refractivity contribution is 5.96. The summed E-state index contributed by atoms with van der Waals surface area (Å²) in [6.45, 7) is 5.22. The van der Waals surface area contributed by atoms with Crippen LogP contribution >= 0.6 is 0 Å². The molecule has 136 valence electrons. The monoisotopic (exact) mass is 354 g/mol. The number of benzene rings is 2. The van der Waals surface area contributed by atoms with Gasteiger partial charge in [0.2, 0.25) is 5.91 Å². The van der Waals surface area contributed by atoms with E-state index in [1.165, 1.54) is 0 Å². The van der Waals surface area contributed by atoms with Crippen LogP contribution in [0.5, 0.6) is 11.5 Å². The predicted octanol–water partition coefficient (Wildman–Crippen LogP) is 2.12. The summed E-state index contributed by atoms with van der Waals surface area (Å²) in [5, 5.41) is 5.43. The zero-order chi connectivity index (χ0) is 18.5. The van der Waals surface area contributed by atoms with Gasteiger partial charge in [-0.2, -0.15) is 0 Å². The minimum Gasteiger partial charge on any atom is -0.486 e. The molecule has 6 nitrogen and oxygen atoms in total. The lowest BCUT2D eigenvalue weighted by molar-refractivity contribution is -0.120. The van der Waals surface area contributed by atoms with Gasteiger partial charge >= 0.3 is 0 Å². The lowest BCUT2D eigenvalue weighted by atomic mass is 10.1. The Morgan fingerprint density at radius 1 is 0.923 bits per heavy atom. The van der Waals surface area contributed by atoms with E-state index in [1.54, 1.807) is 12.1 Å². The molecule has 0 aromatic heterocycles. The summed E-state index contributed by atoms with van der Waals surface area (Å²) < 4.78 is 11.0. The molecule has 1 aliphatic heterocycles. The van der Waals surface area contributed by atoms with Crippen LogP contribution < -0.4 is 20.1 Å². The van der Waals surface area contributed by atoms with E-state index < -0.39 is 0 Å². The lowest BCUT2D eigenvalue weighted by Crippen LogP contribution is -2.36. The third-order valence-corrected chi connectivity index (χ3v) is 3.99. The maximum Gasteiger partial charge on any atom is 0.251 e. The minimum absolute atomic E-state index is 0.0730. The number of aryl methyl sites for hydroxylation is 2. The van der Waals surface area contributed by atoms with Gasteiger partial charge in [0.1, 0.15) is 13.2 Å². The number of carbonyl (C=O) groups excluding carboxylic acids is 2. The maximum absolute atomic E-state index is 12.2. The molecule has 3 rings (SSSR count). The Kier molecular flexibility index (Phi) is 5.41. The van der Waals surface area contributed by atoms with Crippen LogP contribution in [0.2, 0.25) is 0 Å². The Labute approximate surface area is 152 Å². The third-order valence-electron chi connectivity index (χ3n) is 3.99. The first-order valence-electron chi connectivity index (χ1n) is 8.53. The van der Waals surface area contributed by atoms with Gasteiger partial charge in [-0.15, -0.1) is 0 Å². The van der Waals surface area contributed by atoms with Gasteiger partial charge in [-0.05, 0) is 43.7 Å². The van der Waals surface area contributed by atoms with Crippen molar-refractivity contribution in [1.82, 2.24) is 10.6 Å². The fourth-order valence-corrected chi connectivity index (χ4v) is 2.83. The summed E-state index contributed by atoms with van der Waals surface area (Å²) in [6.07, 6.45) is 0. The first kappa shape index (κ1) is 17.8. The normalized spacial score (nSPS) is 12.4. The fraction of sp³-hybridized carbons (Fsp3) is 0.300. The summed E-state index contributed by atoms with van der Waals surface area (Å²) in [5.74, 6) is 0.891. The number of carbonyl (C=O) groups is 2. The smallest absolute Gasteiger partial charge is 0.251 e. The molecule has 0 fully saturated rings. The second-order valence-electron chi connectivity index (χ2n) is 6.31. The number of fused-ring (bicyclic) bond motifs is 1. The van der Waals surface area contributed by atoms with Crippen molar-refractivity contribution in [3.8, 4) is 11.5 Å². The molecular weight excluding hydrogens is 332 g/mol. The fourth-order valence-electron chi connectivity index (χ4n) is 2.83. The second kappa shape index (κ2) is 7.91. The van der Waals surface area contributed by atoms with Crippen LogP contribution in [-0.2, 0) is 11.3 Å². The first-order valence-corrected chi connectivity index (χ1v) is 8.53. The molecule has 2 N–H and O–H groups in total. The van der Waals surface area contributed by atoms with Crippen molar-refractivity contribution >= 4 is 11.8 Å². The quantitative estimate of drug-likeness (QED) is 0.862. The first-order chi connectivity index (χ1) is 12.5. The molecule has 2 aromatic rings. The molecule has 0 spiro atoms. The maximum atomic E-state index is 12.2. The summed E-state index contributed by atoms with van der Waals surface area (Å²) in [5.41, 5.74) is 3.49. The van der Waals surface area contributed by atoms with Crippen LogP contribution in [0.3, 0.4) is 0 Å². The third kappa shape index (κ3) is 4.53. The van der Waals surface area contributed by atoms with Crippen LogP contribution in [0.1, 0.15) is 27.0 Å². The van der Waals surface area contributed by atoms with E-state index in [-0.39, 0.29) is 18.4 Å². The Hall–Kier alpha value is -3.02. The predicted molar refractivity (Wildman–Crippen MR) is 97.5 cm³/mol. The van der Waals surface area contributed by atoms with E-state index in [2.05, 4.69) is 10.6 Å². The van der Waals surface area contributed by atoms with Crippen molar-refractivity contribution < 1.29 is 19.1 Å². The molecule has 0 atom stereocenters. The van der Waals surface area contributed by atoms with E-state index in [4.69, 9.17) is 9.47 Å². The number of hydrogen-bond donors (Lipinski definition) is 2. The number of nitrogens with one attached hydrogen (secondary N) is 2. The second-order valence-corrected chi connectivity index (χ2v) is 6.31. The lowest BCUT2D eigenvalue weighted by Gasteiger charge is -2.19. The van der Waals surface area contributed by atoms with Crippen molar-refractivity contribution in [2.75, 3.05) is 19.8 Å². The van der Waals surface area contributed by atoms with Gasteiger partial charge in [0, 0.05) is 12.1 Å². The summed E-state index contributed by atoms with van der Waals surface area (Å²) in [4.78, 5) is 24.2. The van der Waals surface area contributed by atoms with Gasteiger partial charge in [-0.3, -0.25) is 9.59 Å². The van der Waals surface area contributed by atoms with E-state index in [1.807, 2.05) is 38.1 Å². The number of ether oxygens (including phenoxy) is 2. The molecule has 0 saturated carbocycles. The van der Waals surface area contributed by atoms with Crippen LogP contribution in [-0.4, -0.2) is 31.6 Å².